The highest BCUT2D eigenvalue weighted by Crippen LogP contribution is 2.23. The van der Waals surface area contributed by atoms with Gasteiger partial charge in [-0.2, -0.15) is 0 Å². The lowest BCUT2D eigenvalue weighted by atomic mass is 10.1. The Morgan fingerprint density at radius 3 is 2.60 bits per heavy atom. The number of hydrogen-bond acceptors (Lipinski definition) is 4. The van der Waals surface area contributed by atoms with Crippen LogP contribution in [0.3, 0.4) is 0 Å². The van der Waals surface area contributed by atoms with Gasteiger partial charge in [0.2, 0.25) is 0 Å². The first kappa shape index (κ1) is 20.4. The van der Waals surface area contributed by atoms with Crippen LogP contribution in [-0.2, 0) is 16.6 Å². The fourth-order valence-corrected chi connectivity index (χ4v) is 4.88. The molecule has 1 amide bonds. The van der Waals surface area contributed by atoms with Crippen molar-refractivity contribution in [1.82, 2.24) is 4.90 Å². The second-order valence-electron chi connectivity index (χ2n) is 7.70. The van der Waals surface area contributed by atoms with E-state index in [0.717, 1.165) is 11.4 Å². The van der Waals surface area contributed by atoms with Crippen molar-refractivity contribution in [2.45, 2.75) is 30.5 Å². The van der Waals surface area contributed by atoms with Gasteiger partial charge in [0.05, 0.1) is 16.6 Å². The van der Waals surface area contributed by atoms with Crippen molar-refractivity contribution in [3.05, 3.63) is 83.8 Å². The van der Waals surface area contributed by atoms with Gasteiger partial charge in [0.15, 0.2) is 5.76 Å². The van der Waals surface area contributed by atoms with Gasteiger partial charge >= 0.3 is 0 Å². The van der Waals surface area contributed by atoms with Gasteiger partial charge in [-0.15, -0.1) is 0 Å². The van der Waals surface area contributed by atoms with E-state index in [0.29, 0.717) is 24.6 Å². The van der Waals surface area contributed by atoms with Gasteiger partial charge in [-0.3, -0.25) is 9.00 Å². The average molecular weight is 423 g/mol. The van der Waals surface area contributed by atoms with Gasteiger partial charge in [0.25, 0.3) is 5.91 Å². The molecule has 2 atom stereocenters. The number of amides is 1. The average Bonchev–Trinajstić information content (AvgIpc) is 3.22. The molecule has 2 heterocycles. The molecule has 1 fully saturated rings. The molecule has 1 saturated heterocycles. The molecular weight excluding hydrogens is 396 g/mol. The molecule has 0 radical (unpaired) electrons. The molecule has 0 saturated carbocycles. The first-order chi connectivity index (χ1) is 14.5. The Hall–Kier alpha value is -2.86. The Morgan fingerprint density at radius 2 is 1.87 bits per heavy atom. The predicted octanol–water partition coefficient (Wildman–Crippen LogP) is 4.25. The van der Waals surface area contributed by atoms with Crippen molar-refractivity contribution in [1.29, 1.82) is 0 Å². The molecule has 4 rings (SSSR count). The van der Waals surface area contributed by atoms with E-state index in [9.17, 15) is 9.00 Å². The number of hydrogen-bond donors (Lipinski definition) is 0. The number of rotatable bonds is 5. The van der Waals surface area contributed by atoms with E-state index in [1.165, 1.54) is 11.3 Å². The molecule has 2 aromatic carbocycles. The summed E-state index contributed by atoms with van der Waals surface area (Å²) in [4.78, 5) is 17.9. The zero-order chi connectivity index (χ0) is 21.1. The third-order valence-electron chi connectivity index (χ3n) is 5.40. The van der Waals surface area contributed by atoms with Gasteiger partial charge in [-0.1, -0.05) is 30.3 Å². The number of aryl methyl sites for hydroxylation is 1. The fourth-order valence-electron chi connectivity index (χ4n) is 3.84. The van der Waals surface area contributed by atoms with Crippen LogP contribution in [0, 0.1) is 6.92 Å². The minimum atomic E-state index is -1.20. The molecule has 5 nitrogen and oxygen atoms in total. The van der Waals surface area contributed by atoms with Crippen LogP contribution in [0.15, 0.2) is 76.0 Å². The molecule has 0 aliphatic carbocycles. The second kappa shape index (κ2) is 8.88. The zero-order valence-corrected chi connectivity index (χ0v) is 18.1. The molecule has 2 unspecified atom stereocenters. The number of carbonyl (C=O) groups excluding carboxylic acids is 1. The molecule has 1 aromatic heterocycles. The maximum absolute atomic E-state index is 12.9. The molecular formula is C24H26N2O3S. The van der Waals surface area contributed by atoms with Crippen LogP contribution in [0.1, 0.15) is 28.8 Å². The highest BCUT2D eigenvalue weighted by Gasteiger charge is 2.29. The summed E-state index contributed by atoms with van der Waals surface area (Å²) in [5.74, 6) is 1.02. The summed E-state index contributed by atoms with van der Waals surface area (Å²) in [6, 6.07) is 21.4. The van der Waals surface area contributed by atoms with Crippen LogP contribution < -0.4 is 4.90 Å². The minimum Gasteiger partial charge on any atom is -0.455 e. The van der Waals surface area contributed by atoms with Crippen molar-refractivity contribution < 1.29 is 13.4 Å². The molecule has 30 heavy (non-hydrogen) atoms. The number of anilines is 1. The predicted molar refractivity (Wildman–Crippen MR) is 119 cm³/mol. The summed E-state index contributed by atoms with van der Waals surface area (Å²) in [5, 5.41) is 0. The molecule has 0 N–H and O–H groups in total. The van der Waals surface area contributed by atoms with E-state index >= 15 is 0 Å². The number of furan rings is 1. The Kier molecular flexibility index (Phi) is 6.04. The highest BCUT2D eigenvalue weighted by molar-refractivity contribution is 7.84. The van der Waals surface area contributed by atoms with Crippen molar-refractivity contribution in [2.75, 3.05) is 24.5 Å². The summed E-state index contributed by atoms with van der Waals surface area (Å²) >= 11 is 0. The second-order valence-corrected chi connectivity index (χ2v) is 9.15. The van der Waals surface area contributed by atoms with Gasteiger partial charge in [0.1, 0.15) is 5.76 Å². The Morgan fingerprint density at radius 1 is 1.07 bits per heavy atom. The Bertz CT molecular complexity index is 1050. The lowest BCUT2D eigenvalue weighted by Crippen LogP contribution is -2.53. The number of piperazine rings is 1. The number of benzene rings is 2. The van der Waals surface area contributed by atoms with Crippen LogP contribution in [0.25, 0.3) is 0 Å². The first-order valence-corrected chi connectivity index (χ1v) is 11.5. The number of nitrogens with zero attached hydrogens (tertiary/aromatic N) is 2. The molecule has 6 heteroatoms. The van der Waals surface area contributed by atoms with E-state index in [4.69, 9.17) is 4.42 Å². The maximum atomic E-state index is 12.9. The largest absolute Gasteiger partial charge is 0.455 e. The van der Waals surface area contributed by atoms with Gasteiger partial charge in [-0.25, -0.2) is 0 Å². The van der Waals surface area contributed by atoms with Gasteiger partial charge < -0.3 is 14.2 Å². The summed E-state index contributed by atoms with van der Waals surface area (Å²) in [5.41, 5.74) is 2.42. The van der Waals surface area contributed by atoms with Crippen LogP contribution in [0.2, 0.25) is 0 Å². The van der Waals surface area contributed by atoms with Crippen molar-refractivity contribution in [2.24, 2.45) is 0 Å². The third-order valence-corrected chi connectivity index (χ3v) is 6.74. The van der Waals surface area contributed by atoms with E-state index < -0.39 is 10.8 Å². The van der Waals surface area contributed by atoms with E-state index in [2.05, 4.69) is 43.0 Å². The fraction of sp³-hybridized carbons (Fsp3) is 0.292. The first-order valence-electron chi connectivity index (χ1n) is 10.2. The lowest BCUT2D eigenvalue weighted by molar-refractivity contribution is 0.0692. The lowest BCUT2D eigenvalue weighted by Gasteiger charge is -2.41. The van der Waals surface area contributed by atoms with Crippen LogP contribution in [0.4, 0.5) is 5.69 Å². The maximum Gasteiger partial charge on any atom is 0.289 e. The van der Waals surface area contributed by atoms with Crippen molar-refractivity contribution in [3.63, 3.8) is 0 Å². The van der Waals surface area contributed by atoms with Gasteiger partial charge in [-0.05, 0) is 55.8 Å². The molecule has 1 aliphatic rings. The molecule has 1 aliphatic heterocycles. The van der Waals surface area contributed by atoms with E-state index in [-0.39, 0.29) is 17.7 Å². The summed E-state index contributed by atoms with van der Waals surface area (Å²) in [6.07, 6.45) is 0. The van der Waals surface area contributed by atoms with Crippen LogP contribution >= 0.6 is 0 Å². The number of carbonyl (C=O) groups is 1. The Balaban J connectivity index is 1.39. The van der Waals surface area contributed by atoms with Crippen molar-refractivity contribution >= 4 is 22.4 Å². The molecule has 0 bridgehead atoms. The molecule has 3 aromatic rings. The minimum absolute atomic E-state index is 0.109. The smallest absolute Gasteiger partial charge is 0.289 e. The summed E-state index contributed by atoms with van der Waals surface area (Å²) < 4.78 is 18.2. The van der Waals surface area contributed by atoms with Crippen LogP contribution in [0.5, 0.6) is 0 Å². The van der Waals surface area contributed by atoms with Crippen molar-refractivity contribution in [3.8, 4) is 0 Å². The normalized spacial score (nSPS) is 17.7. The van der Waals surface area contributed by atoms with E-state index in [1.54, 1.807) is 12.1 Å². The summed E-state index contributed by atoms with van der Waals surface area (Å²) in [7, 11) is -1.20. The SMILES string of the molecule is Cc1cccc(N2CCN(C(=O)c3ccc(CS(=O)c4ccccc4)o3)CC2C)c1. The summed E-state index contributed by atoms with van der Waals surface area (Å²) in [6.45, 7) is 6.29. The Labute approximate surface area is 179 Å². The quantitative estimate of drug-likeness (QED) is 0.617. The molecule has 156 valence electrons. The standard InChI is InChI=1S/C24H26N2O3S/c1-18-7-6-8-20(15-18)26-14-13-25(16-19(26)2)24(27)23-12-11-21(29-23)17-30(28)22-9-4-3-5-10-22/h3-12,15,19H,13-14,16-17H2,1-2H3. The monoisotopic (exact) mass is 422 g/mol. The van der Waals surface area contributed by atoms with Crippen LogP contribution in [-0.4, -0.2) is 40.7 Å². The molecule has 0 spiro atoms. The third kappa shape index (κ3) is 4.49. The highest BCUT2D eigenvalue weighted by atomic mass is 32.2. The van der Waals surface area contributed by atoms with Gasteiger partial charge in [0, 0.05) is 36.3 Å². The topological polar surface area (TPSA) is 53.8 Å². The zero-order valence-electron chi connectivity index (χ0n) is 17.3. The van der Waals surface area contributed by atoms with E-state index in [1.807, 2.05) is 35.2 Å².